The smallest absolute Gasteiger partial charge is 0.108 e. The minimum absolute atomic E-state index is 0.872. The molecule has 0 aliphatic heterocycles. The summed E-state index contributed by atoms with van der Waals surface area (Å²) in [6, 6.07) is 23.7. The van der Waals surface area contributed by atoms with E-state index in [-0.39, 0.29) is 0 Å². The van der Waals surface area contributed by atoms with E-state index in [0.29, 0.717) is 0 Å². The molecule has 0 unspecified atom stereocenters. The number of nitrogens with one attached hydrogen (secondary N) is 2. The van der Waals surface area contributed by atoms with Crippen molar-refractivity contribution in [3.63, 3.8) is 0 Å². The molecular weight excluding hydrogens is 342 g/mol. The topological polar surface area (TPSA) is 40.7 Å². The highest BCUT2D eigenvalue weighted by Gasteiger charge is 2.07. The molecule has 2 N–H and O–H groups in total. The Morgan fingerprint density at radius 2 is 1.75 bits per heavy atom. The van der Waals surface area contributed by atoms with E-state index in [1.54, 1.807) is 0 Å². The van der Waals surface area contributed by atoms with Gasteiger partial charge in [0.1, 0.15) is 5.82 Å². The van der Waals surface area contributed by atoms with Crippen LogP contribution in [0.25, 0.3) is 22.2 Å². The summed E-state index contributed by atoms with van der Waals surface area (Å²) in [6.45, 7) is 6.20. The first-order valence-electron chi connectivity index (χ1n) is 10.1. The van der Waals surface area contributed by atoms with Gasteiger partial charge in [0.15, 0.2) is 0 Å². The molecule has 1 aromatic heterocycles. The molecule has 3 aromatic carbocycles. The molecule has 0 amide bonds. The summed E-state index contributed by atoms with van der Waals surface area (Å²) in [5, 5.41) is 3.54. The van der Waals surface area contributed by atoms with Crippen molar-refractivity contribution >= 4 is 11.0 Å². The third-order valence-electron chi connectivity index (χ3n) is 5.29. The van der Waals surface area contributed by atoms with Crippen molar-refractivity contribution in [2.45, 2.75) is 33.2 Å². The highest BCUT2D eigenvalue weighted by molar-refractivity contribution is 5.74. The van der Waals surface area contributed by atoms with E-state index < -0.39 is 0 Å². The molecule has 4 rings (SSSR count). The molecule has 0 radical (unpaired) electrons. The predicted octanol–water partition coefficient (Wildman–Crippen LogP) is 5.43. The minimum Gasteiger partial charge on any atom is -0.342 e. The van der Waals surface area contributed by atoms with Gasteiger partial charge >= 0.3 is 0 Å². The largest absolute Gasteiger partial charge is 0.342 e. The standard InChI is InChI=1S/C25H27N3/c1-3-20-8-4-5-9-22(20)21-13-12-19(16-18(21)2)17-26-15-14-25-27-23-10-6-7-11-24(23)28-25/h4-13,16,26H,3,14-15,17H2,1-2H3,(H,27,28). The van der Waals surface area contributed by atoms with Crippen LogP contribution in [0, 0.1) is 6.92 Å². The zero-order chi connectivity index (χ0) is 19.3. The lowest BCUT2D eigenvalue weighted by molar-refractivity contribution is 0.674. The molecule has 3 heteroatoms. The van der Waals surface area contributed by atoms with Gasteiger partial charge in [-0.25, -0.2) is 4.98 Å². The lowest BCUT2D eigenvalue weighted by Crippen LogP contribution is -2.17. The Kier molecular flexibility index (Phi) is 5.54. The van der Waals surface area contributed by atoms with Crippen molar-refractivity contribution in [3.8, 4) is 11.1 Å². The number of fused-ring (bicyclic) bond motifs is 1. The fourth-order valence-corrected chi connectivity index (χ4v) is 3.79. The first-order valence-corrected chi connectivity index (χ1v) is 10.1. The fourth-order valence-electron chi connectivity index (χ4n) is 3.79. The fraction of sp³-hybridized carbons (Fsp3) is 0.240. The van der Waals surface area contributed by atoms with E-state index in [0.717, 1.165) is 42.8 Å². The Morgan fingerprint density at radius 3 is 2.57 bits per heavy atom. The molecule has 4 aromatic rings. The third kappa shape index (κ3) is 4.00. The maximum atomic E-state index is 4.64. The lowest BCUT2D eigenvalue weighted by Gasteiger charge is -2.13. The van der Waals surface area contributed by atoms with Crippen LogP contribution in [-0.4, -0.2) is 16.5 Å². The third-order valence-corrected chi connectivity index (χ3v) is 5.29. The van der Waals surface area contributed by atoms with Crippen molar-refractivity contribution < 1.29 is 0 Å². The van der Waals surface area contributed by atoms with Crippen LogP contribution in [0.15, 0.2) is 66.7 Å². The van der Waals surface area contributed by atoms with E-state index in [4.69, 9.17) is 0 Å². The van der Waals surface area contributed by atoms with E-state index in [9.17, 15) is 0 Å². The number of benzene rings is 3. The SMILES string of the molecule is CCc1ccccc1-c1ccc(CNCCc2nc3ccccc3[nH]2)cc1C. The quantitative estimate of drug-likeness (QED) is 0.426. The molecule has 0 saturated heterocycles. The monoisotopic (exact) mass is 369 g/mol. The van der Waals surface area contributed by atoms with Gasteiger partial charge in [-0.05, 0) is 53.3 Å². The van der Waals surface area contributed by atoms with Crippen LogP contribution in [-0.2, 0) is 19.4 Å². The highest BCUT2D eigenvalue weighted by Crippen LogP contribution is 2.28. The van der Waals surface area contributed by atoms with E-state index in [1.807, 2.05) is 18.2 Å². The van der Waals surface area contributed by atoms with Crippen LogP contribution in [0.5, 0.6) is 0 Å². The number of aromatic amines is 1. The molecule has 1 heterocycles. The summed E-state index contributed by atoms with van der Waals surface area (Å²) >= 11 is 0. The van der Waals surface area contributed by atoms with Gasteiger partial charge in [0.05, 0.1) is 11.0 Å². The molecule has 0 atom stereocenters. The van der Waals surface area contributed by atoms with E-state index in [1.165, 1.54) is 27.8 Å². The zero-order valence-electron chi connectivity index (χ0n) is 16.6. The van der Waals surface area contributed by atoms with Crippen molar-refractivity contribution in [1.29, 1.82) is 0 Å². The van der Waals surface area contributed by atoms with Gasteiger partial charge in [0.25, 0.3) is 0 Å². The van der Waals surface area contributed by atoms with Gasteiger partial charge in [-0.1, -0.05) is 61.5 Å². The number of hydrogen-bond donors (Lipinski definition) is 2. The Hall–Kier alpha value is -2.91. The summed E-state index contributed by atoms with van der Waals surface area (Å²) in [5.74, 6) is 1.04. The van der Waals surface area contributed by atoms with Gasteiger partial charge in [0, 0.05) is 19.5 Å². The Labute approximate surface area is 166 Å². The van der Waals surface area contributed by atoms with Gasteiger partial charge in [-0.2, -0.15) is 0 Å². The van der Waals surface area contributed by atoms with Gasteiger partial charge in [-0.15, -0.1) is 0 Å². The molecule has 0 aliphatic rings. The summed E-state index contributed by atoms with van der Waals surface area (Å²) in [6.07, 6.45) is 1.95. The van der Waals surface area contributed by atoms with Gasteiger partial charge < -0.3 is 10.3 Å². The average Bonchev–Trinajstić information content (AvgIpc) is 3.14. The molecule has 0 saturated carbocycles. The highest BCUT2D eigenvalue weighted by atomic mass is 14.9. The molecule has 0 bridgehead atoms. The van der Waals surface area contributed by atoms with E-state index in [2.05, 4.69) is 77.7 Å². The first kappa shape index (κ1) is 18.5. The van der Waals surface area contributed by atoms with Crippen LogP contribution in [0.3, 0.4) is 0 Å². The molecule has 142 valence electrons. The van der Waals surface area contributed by atoms with Crippen LogP contribution in [0.2, 0.25) is 0 Å². The summed E-state index contributed by atoms with van der Waals surface area (Å²) in [7, 11) is 0. The summed E-state index contributed by atoms with van der Waals surface area (Å²) in [4.78, 5) is 8.03. The Balaban J connectivity index is 1.37. The number of para-hydroxylation sites is 2. The number of H-pyrrole nitrogens is 1. The van der Waals surface area contributed by atoms with Crippen LogP contribution in [0.1, 0.15) is 29.4 Å². The minimum atomic E-state index is 0.872. The van der Waals surface area contributed by atoms with Gasteiger partial charge in [0.2, 0.25) is 0 Å². The number of aryl methyl sites for hydroxylation is 2. The van der Waals surface area contributed by atoms with Crippen molar-refractivity contribution in [2.24, 2.45) is 0 Å². The molecule has 0 aliphatic carbocycles. The van der Waals surface area contributed by atoms with Crippen LogP contribution in [0.4, 0.5) is 0 Å². The molecule has 3 nitrogen and oxygen atoms in total. The maximum absolute atomic E-state index is 4.64. The Morgan fingerprint density at radius 1 is 0.929 bits per heavy atom. The molecule has 28 heavy (non-hydrogen) atoms. The summed E-state index contributed by atoms with van der Waals surface area (Å²) < 4.78 is 0. The zero-order valence-corrected chi connectivity index (χ0v) is 16.6. The number of aromatic nitrogens is 2. The first-order chi connectivity index (χ1) is 13.7. The number of imidazole rings is 1. The van der Waals surface area contributed by atoms with Crippen molar-refractivity contribution in [1.82, 2.24) is 15.3 Å². The number of hydrogen-bond acceptors (Lipinski definition) is 2. The average molecular weight is 370 g/mol. The van der Waals surface area contributed by atoms with Crippen molar-refractivity contribution in [3.05, 3.63) is 89.2 Å². The van der Waals surface area contributed by atoms with Crippen molar-refractivity contribution in [2.75, 3.05) is 6.54 Å². The molecule has 0 spiro atoms. The summed E-state index contributed by atoms with van der Waals surface area (Å²) in [5.41, 5.74) is 8.89. The number of nitrogens with zero attached hydrogens (tertiary/aromatic N) is 1. The van der Waals surface area contributed by atoms with Gasteiger partial charge in [-0.3, -0.25) is 0 Å². The second-order valence-electron chi connectivity index (χ2n) is 7.29. The number of rotatable bonds is 7. The lowest BCUT2D eigenvalue weighted by atomic mass is 9.93. The molecule has 0 fully saturated rings. The normalized spacial score (nSPS) is 11.2. The maximum Gasteiger partial charge on any atom is 0.108 e. The predicted molar refractivity (Wildman–Crippen MR) is 117 cm³/mol. The second-order valence-corrected chi connectivity index (χ2v) is 7.29. The Bertz CT molecular complexity index is 1050. The van der Waals surface area contributed by atoms with E-state index >= 15 is 0 Å². The second kappa shape index (κ2) is 8.41. The molecular formula is C25H27N3. The van der Waals surface area contributed by atoms with Crippen LogP contribution < -0.4 is 5.32 Å². The van der Waals surface area contributed by atoms with Crippen LogP contribution >= 0.6 is 0 Å².